The summed E-state index contributed by atoms with van der Waals surface area (Å²) < 4.78 is 0. The molecule has 0 heterocycles. The van der Waals surface area contributed by atoms with Crippen molar-refractivity contribution >= 4 is 5.96 Å². The first-order chi connectivity index (χ1) is 7.99. The lowest BCUT2D eigenvalue weighted by Gasteiger charge is -2.29. The Balaban J connectivity index is 4.35. The van der Waals surface area contributed by atoms with Crippen LogP contribution in [0.15, 0.2) is 17.1 Å². The van der Waals surface area contributed by atoms with Crippen molar-refractivity contribution in [3.63, 3.8) is 0 Å². The highest BCUT2D eigenvalue weighted by molar-refractivity contribution is 5.78. The first-order valence-electron chi connectivity index (χ1n) is 6.28. The van der Waals surface area contributed by atoms with E-state index in [0.717, 1.165) is 24.8 Å². The van der Waals surface area contributed by atoms with Crippen molar-refractivity contribution < 1.29 is 5.11 Å². The lowest BCUT2D eigenvalue weighted by atomic mass is 9.79. The number of guanidine groups is 1. The average Bonchev–Trinajstić information content (AvgIpc) is 2.32. The van der Waals surface area contributed by atoms with E-state index in [1.54, 1.807) is 0 Å². The molecule has 0 aliphatic rings. The second-order valence-corrected chi connectivity index (χ2v) is 4.69. The monoisotopic (exact) mass is 241 g/mol. The molecule has 0 amide bonds. The summed E-state index contributed by atoms with van der Waals surface area (Å²) in [5, 5.41) is 12.1. The molecule has 4 N–H and O–H groups in total. The zero-order valence-electron chi connectivity index (χ0n) is 11.4. The van der Waals surface area contributed by atoms with Crippen LogP contribution in [-0.4, -0.2) is 30.8 Å². The molecule has 0 fully saturated rings. The molecule has 100 valence electrons. The molecule has 0 unspecified atom stereocenters. The molecule has 0 spiro atoms. The number of hydrogen-bond acceptors (Lipinski definition) is 2. The zero-order valence-corrected chi connectivity index (χ0v) is 11.4. The first kappa shape index (κ1) is 16.0. The van der Waals surface area contributed by atoms with Gasteiger partial charge in [0.1, 0.15) is 0 Å². The van der Waals surface area contributed by atoms with Crippen LogP contribution in [0, 0.1) is 5.41 Å². The summed E-state index contributed by atoms with van der Waals surface area (Å²) >= 11 is 0. The lowest BCUT2D eigenvalue weighted by Crippen LogP contribution is -2.35. The number of aliphatic hydroxyl groups is 1. The van der Waals surface area contributed by atoms with E-state index >= 15 is 0 Å². The molecule has 4 heteroatoms. The average molecular weight is 241 g/mol. The summed E-state index contributed by atoms with van der Waals surface area (Å²) in [6.45, 7) is 11.5. The molecule has 0 aliphatic carbocycles. The Morgan fingerprint density at radius 3 is 2.41 bits per heavy atom. The molecule has 4 nitrogen and oxygen atoms in total. The minimum absolute atomic E-state index is 0.0737. The third-order valence-corrected chi connectivity index (χ3v) is 3.30. The minimum atomic E-state index is 0.0737. The number of rotatable bonds is 8. The Hall–Kier alpha value is -1.03. The van der Waals surface area contributed by atoms with E-state index in [1.807, 2.05) is 6.92 Å². The van der Waals surface area contributed by atoms with Crippen LogP contribution in [0.2, 0.25) is 0 Å². The third kappa shape index (κ3) is 6.31. The second-order valence-electron chi connectivity index (χ2n) is 4.69. The molecule has 0 aromatic rings. The van der Waals surface area contributed by atoms with Crippen molar-refractivity contribution in [2.45, 2.75) is 40.0 Å². The van der Waals surface area contributed by atoms with Gasteiger partial charge in [-0.25, -0.2) is 0 Å². The van der Waals surface area contributed by atoms with E-state index in [9.17, 15) is 0 Å². The van der Waals surface area contributed by atoms with Crippen LogP contribution in [0.3, 0.4) is 0 Å². The molecule has 0 radical (unpaired) electrons. The lowest BCUT2D eigenvalue weighted by molar-refractivity contribution is 0.175. The van der Waals surface area contributed by atoms with Crippen molar-refractivity contribution in [2.75, 3.05) is 19.7 Å². The van der Waals surface area contributed by atoms with Crippen LogP contribution in [0.1, 0.15) is 40.0 Å². The number of hydrogen-bond donors (Lipinski definition) is 3. The van der Waals surface area contributed by atoms with Crippen molar-refractivity contribution in [3.8, 4) is 0 Å². The van der Waals surface area contributed by atoms with Gasteiger partial charge in [0, 0.05) is 19.7 Å². The fourth-order valence-corrected chi connectivity index (χ4v) is 1.69. The van der Waals surface area contributed by atoms with Crippen LogP contribution < -0.4 is 11.1 Å². The Labute approximate surface area is 105 Å². The molecule has 0 saturated carbocycles. The smallest absolute Gasteiger partial charge is 0.188 e. The molecule has 0 rings (SSSR count). The summed E-state index contributed by atoms with van der Waals surface area (Å²) in [6.07, 6.45) is 2.78. The van der Waals surface area contributed by atoms with E-state index in [-0.39, 0.29) is 12.0 Å². The van der Waals surface area contributed by atoms with Gasteiger partial charge in [-0.1, -0.05) is 26.0 Å². The van der Waals surface area contributed by atoms with Gasteiger partial charge in [-0.2, -0.15) is 0 Å². The van der Waals surface area contributed by atoms with Gasteiger partial charge in [0.25, 0.3) is 0 Å². The number of nitrogens with two attached hydrogens (primary N) is 1. The number of nitrogens with one attached hydrogen (secondary N) is 1. The van der Waals surface area contributed by atoms with Crippen LogP contribution in [-0.2, 0) is 0 Å². The Kier molecular flexibility index (Phi) is 7.63. The summed E-state index contributed by atoms with van der Waals surface area (Å²) in [4.78, 5) is 4.36. The summed E-state index contributed by atoms with van der Waals surface area (Å²) in [5.41, 5.74) is 6.87. The SMILES string of the molecule is C=C(C)CNC(N)=NCC(CC)(CC)CCO. The van der Waals surface area contributed by atoms with E-state index in [4.69, 9.17) is 10.8 Å². The fourth-order valence-electron chi connectivity index (χ4n) is 1.69. The maximum absolute atomic E-state index is 9.10. The Morgan fingerprint density at radius 1 is 1.41 bits per heavy atom. The molecule has 0 bridgehead atoms. The summed E-state index contributed by atoms with van der Waals surface area (Å²) in [7, 11) is 0. The third-order valence-electron chi connectivity index (χ3n) is 3.30. The number of aliphatic imine (C=N–C) groups is 1. The summed E-state index contributed by atoms with van der Waals surface area (Å²) in [6, 6.07) is 0. The van der Waals surface area contributed by atoms with Crippen molar-refractivity contribution in [1.29, 1.82) is 0 Å². The summed E-state index contributed by atoms with van der Waals surface area (Å²) in [5.74, 6) is 0.456. The fraction of sp³-hybridized carbons (Fsp3) is 0.769. The van der Waals surface area contributed by atoms with Gasteiger partial charge >= 0.3 is 0 Å². The number of aliphatic hydroxyl groups excluding tert-OH is 1. The van der Waals surface area contributed by atoms with Gasteiger partial charge in [0.05, 0.1) is 0 Å². The molecule has 0 saturated heterocycles. The Bertz CT molecular complexity index is 257. The van der Waals surface area contributed by atoms with Gasteiger partial charge in [0.15, 0.2) is 5.96 Å². The predicted molar refractivity (Wildman–Crippen MR) is 74.0 cm³/mol. The van der Waals surface area contributed by atoms with Gasteiger partial charge in [-0.3, -0.25) is 4.99 Å². The van der Waals surface area contributed by atoms with Gasteiger partial charge in [-0.05, 0) is 31.6 Å². The Morgan fingerprint density at radius 2 is 2.00 bits per heavy atom. The standard InChI is InChI=1S/C13H27N3O/c1-5-13(6-2,7-8-17)10-16-12(14)15-9-11(3)4/h17H,3,5-10H2,1-2,4H3,(H3,14,15,16). The van der Waals surface area contributed by atoms with Crippen molar-refractivity contribution in [2.24, 2.45) is 16.1 Å². The van der Waals surface area contributed by atoms with Gasteiger partial charge < -0.3 is 16.2 Å². The van der Waals surface area contributed by atoms with Crippen LogP contribution in [0.25, 0.3) is 0 Å². The maximum atomic E-state index is 9.10. The first-order valence-corrected chi connectivity index (χ1v) is 6.28. The molecule has 0 atom stereocenters. The highest BCUT2D eigenvalue weighted by atomic mass is 16.3. The van der Waals surface area contributed by atoms with Gasteiger partial charge in [0.2, 0.25) is 0 Å². The number of nitrogens with zero attached hydrogens (tertiary/aromatic N) is 1. The van der Waals surface area contributed by atoms with E-state index in [0.29, 0.717) is 19.0 Å². The van der Waals surface area contributed by atoms with Crippen LogP contribution in [0.5, 0.6) is 0 Å². The normalized spacial score (nSPS) is 12.6. The highest BCUT2D eigenvalue weighted by Gasteiger charge is 2.25. The molecule has 0 aromatic carbocycles. The van der Waals surface area contributed by atoms with Crippen LogP contribution >= 0.6 is 0 Å². The molecular weight excluding hydrogens is 214 g/mol. The second kappa shape index (κ2) is 8.12. The maximum Gasteiger partial charge on any atom is 0.188 e. The zero-order chi connectivity index (χ0) is 13.3. The largest absolute Gasteiger partial charge is 0.396 e. The minimum Gasteiger partial charge on any atom is -0.396 e. The topological polar surface area (TPSA) is 70.6 Å². The van der Waals surface area contributed by atoms with Crippen molar-refractivity contribution in [3.05, 3.63) is 12.2 Å². The predicted octanol–water partition coefficient (Wildman–Crippen LogP) is 1.66. The highest BCUT2D eigenvalue weighted by Crippen LogP contribution is 2.30. The molecule has 17 heavy (non-hydrogen) atoms. The molecule has 0 aromatic heterocycles. The van der Waals surface area contributed by atoms with E-state index in [1.165, 1.54) is 0 Å². The van der Waals surface area contributed by atoms with Crippen LogP contribution in [0.4, 0.5) is 0 Å². The van der Waals surface area contributed by atoms with E-state index in [2.05, 4.69) is 30.7 Å². The quantitative estimate of drug-likeness (QED) is 0.344. The van der Waals surface area contributed by atoms with Gasteiger partial charge in [-0.15, -0.1) is 0 Å². The molecule has 0 aliphatic heterocycles. The van der Waals surface area contributed by atoms with Crippen molar-refractivity contribution in [1.82, 2.24) is 5.32 Å². The molecular formula is C13H27N3O. The van der Waals surface area contributed by atoms with E-state index < -0.39 is 0 Å².